The standard InChI is InChI=1S/C37H30N2.CH4/c1-3-5-11-27(4-2)28-16-21-31(22-17-28)38-32-23-18-29(19-24-32)30-20-25-37-35(26-30)34-14-9-10-15-36(34)39(37)33-12-7-6-8-13-33;/h3-26,38H,2H2,1H3;1H4/b5-3-,27-11+;. The molecule has 40 heavy (non-hydrogen) atoms. The van der Waals surface area contributed by atoms with Gasteiger partial charge in [-0.05, 0) is 83.8 Å². The summed E-state index contributed by atoms with van der Waals surface area (Å²) in [5.74, 6) is 0. The molecule has 2 heteroatoms. The van der Waals surface area contributed by atoms with Gasteiger partial charge in [0.15, 0.2) is 0 Å². The summed E-state index contributed by atoms with van der Waals surface area (Å²) in [6, 6.07) is 43.1. The number of anilines is 2. The smallest absolute Gasteiger partial charge is 0.0541 e. The zero-order valence-corrected chi connectivity index (χ0v) is 22.0. The van der Waals surface area contributed by atoms with Crippen molar-refractivity contribution in [3.05, 3.63) is 158 Å². The zero-order chi connectivity index (χ0) is 26.6. The quantitative estimate of drug-likeness (QED) is 0.208. The van der Waals surface area contributed by atoms with E-state index in [1.807, 2.05) is 25.2 Å². The first-order valence-electron chi connectivity index (χ1n) is 13.3. The molecule has 0 saturated carbocycles. The van der Waals surface area contributed by atoms with Gasteiger partial charge in [-0.25, -0.2) is 0 Å². The molecule has 1 heterocycles. The van der Waals surface area contributed by atoms with Crippen LogP contribution in [0.2, 0.25) is 0 Å². The Kier molecular flexibility index (Phi) is 7.80. The van der Waals surface area contributed by atoms with Gasteiger partial charge in [-0.15, -0.1) is 0 Å². The van der Waals surface area contributed by atoms with E-state index < -0.39 is 0 Å². The highest BCUT2D eigenvalue weighted by molar-refractivity contribution is 6.10. The van der Waals surface area contributed by atoms with Crippen molar-refractivity contribution in [3.63, 3.8) is 0 Å². The fourth-order valence-corrected chi connectivity index (χ4v) is 5.15. The molecule has 0 saturated heterocycles. The molecule has 0 aliphatic heterocycles. The van der Waals surface area contributed by atoms with Crippen LogP contribution >= 0.6 is 0 Å². The number of hydrogen-bond acceptors (Lipinski definition) is 1. The van der Waals surface area contributed by atoms with Crippen molar-refractivity contribution >= 4 is 38.8 Å². The van der Waals surface area contributed by atoms with Crippen LogP contribution in [0.25, 0.3) is 44.2 Å². The van der Waals surface area contributed by atoms with E-state index in [0.29, 0.717) is 0 Å². The molecule has 1 aromatic heterocycles. The van der Waals surface area contributed by atoms with Crippen LogP contribution in [0.1, 0.15) is 19.9 Å². The van der Waals surface area contributed by atoms with Crippen molar-refractivity contribution in [1.82, 2.24) is 4.57 Å². The van der Waals surface area contributed by atoms with Gasteiger partial charge in [-0.3, -0.25) is 0 Å². The number of para-hydroxylation sites is 2. The van der Waals surface area contributed by atoms with Crippen LogP contribution in [0.15, 0.2) is 152 Å². The van der Waals surface area contributed by atoms with Gasteiger partial charge in [0.2, 0.25) is 0 Å². The van der Waals surface area contributed by atoms with E-state index in [1.165, 1.54) is 38.6 Å². The lowest BCUT2D eigenvalue weighted by atomic mass is 10.0. The summed E-state index contributed by atoms with van der Waals surface area (Å²) in [5, 5.41) is 6.05. The average molecular weight is 519 g/mol. The van der Waals surface area contributed by atoms with Crippen LogP contribution in [0, 0.1) is 0 Å². The van der Waals surface area contributed by atoms with Crippen LogP contribution in [0.3, 0.4) is 0 Å². The van der Waals surface area contributed by atoms with Gasteiger partial charge in [0, 0.05) is 27.8 Å². The summed E-state index contributed by atoms with van der Waals surface area (Å²) in [4.78, 5) is 0. The van der Waals surface area contributed by atoms with E-state index in [1.54, 1.807) is 0 Å². The Morgan fingerprint density at radius 3 is 2.00 bits per heavy atom. The molecule has 0 amide bonds. The number of allylic oxidation sites excluding steroid dienone is 5. The second-order valence-corrected chi connectivity index (χ2v) is 9.55. The third-order valence-corrected chi connectivity index (χ3v) is 7.10. The minimum absolute atomic E-state index is 0. The lowest BCUT2D eigenvalue weighted by molar-refractivity contribution is 1.18. The van der Waals surface area contributed by atoms with Gasteiger partial charge in [0.05, 0.1) is 11.0 Å². The Hall–Kier alpha value is -5.08. The number of hydrogen-bond donors (Lipinski definition) is 1. The Balaban J connectivity index is 0.00000323. The van der Waals surface area contributed by atoms with E-state index in [0.717, 1.165) is 22.5 Å². The molecule has 0 fully saturated rings. The SMILES string of the molecule is C.C=C/C(=C\C=C/C)c1ccc(Nc2ccc(-c3ccc4c(c3)c3ccccc3n4-c3ccccc3)cc2)cc1. The zero-order valence-electron chi connectivity index (χ0n) is 22.0. The molecule has 6 aromatic rings. The number of nitrogens with zero attached hydrogens (tertiary/aromatic N) is 1. The largest absolute Gasteiger partial charge is 0.356 e. The third-order valence-electron chi connectivity index (χ3n) is 7.10. The second-order valence-electron chi connectivity index (χ2n) is 9.55. The number of rotatable bonds is 7. The van der Waals surface area contributed by atoms with Crippen LogP contribution in [-0.4, -0.2) is 4.57 Å². The number of fused-ring (bicyclic) bond motifs is 3. The lowest BCUT2D eigenvalue weighted by Crippen LogP contribution is -1.93. The van der Waals surface area contributed by atoms with Crippen molar-refractivity contribution < 1.29 is 0 Å². The Morgan fingerprint density at radius 2 is 1.30 bits per heavy atom. The van der Waals surface area contributed by atoms with Gasteiger partial charge in [0.1, 0.15) is 0 Å². The molecule has 196 valence electrons. The highest BCUT2D eigenvalue weighted by atomic mass is 15.0. The Labute approximate surface area is 237 Å². The predicted molar refractivity (Wildman–Crippen MR) is 176 cm³/mol. The minimum atomic E-state index is 0. The number of aromatic nitrogens is 1. The Bertz CT molecular complexity index is 1820. The van der Waals surface area contributed by atoms with Gasteiger partial charge in [-0.1, -0.05) is 105 Å². The molecule has 6 rings (SSSR count). The first kappa shape index (κ1) is 26.5. The molecule has 0 unspecified atom stereocenters. The molecule has 5 aromatic carbocycles. The van der Waals surface area contributed by atoms with Crippen LogP contribution in [0.5, 0.6) is 0 Å². The maximum Gasteiger partial charge on any atom is 0.0541 e. The first-order chi connectivity index (χ1) is 19.2. The molecule has 0 spiro atoms. The third kappa shape index (κ3) is 5.12. The second kappa shape index (κ2) is 11.8. The van der Waals surface area contributed by atoms with Crippen molar-refractivity contribution in [3.8, 4) is 16.8 Å². The Morgan fingerprint density at radius 1 is 0.675 bits per heavy atom. The fourth-order valence-electron chi connectivity index (χ4n) is 5.15. The van der Waals surface area contributed by atoms with Gasteiger partial charge >= 0.3 is 0 Å². The monoisotopic (exact) mass is 518 g/mol. The maximum absolute atomic E-state index is 3.94. The number of nitrogens with one attached hydrogen (secondary N) is 1. The average Bonchev–Trinajstić information content (AvgIpc) is 3.33. The first-order valence-corrected chi connectivity index (χ1v) is 13.3. The van der Waals surface area contributed by atoms with E-state index in [9.17, 15) is 0 Å². The summed E-state index contributed by atoms with van der Waals surface area (Å²) in [6.45, 7) is 5.95. The molecule has 0 aliphatic carbocycles. The highest BCUT2D eigenvalue weighted by Gasteiger charge is 2.12. The van der Waals surface area contributed by atoms with E-state index in [2.05, 4.69) is 144 Å². The minimum Gasteiger partial charge on any atom is -0.356 e. The predicted octanol–water partition coefficient (Wildman–Crippen LogP) is 11.0. The molecular weight excluding hydrogens is 484 g/mol. The van der Waals surface area contributed by atoms with Gasteiger partial charge in [-0.2, -0.15) is 0 Å². The van der Waals surface area contributed by atoms with Gasteiger partial charge in [0.25, 0.3) is 0 Å². The maximum atomic E-state index is 3.94. The van der Waals surface area contributed by atoms with E-state index in [4.69, 9.17) is 0 Å². The lowest BCUT2D eigenvalue weighted by Gasteiger charge is -2.10. The van der Waals surface area contributed by atoms with Crippen LogP contribution in [0.4, 0.5) is 11.4 Å². The molecule has 0 radical (unpaired) electrons. The molecule has 0 aliphatic rings. The summed E-state index contributed by atoms with van der Waals surface area (Å²) in [6.07, 6.45) is 8.01. The summed E-state index contributed by atoms with van der Waals surface area (Å²) in [7, 11) is 0. The normalized spacial score (nSPS) is 11.6. The molecule has 0 bridgehead atoms. The van der Waals surface area contributed by atoms with Crippen molar-refractivity contribution in [2.75, 3.05) is 5.32 Å². The van der Waals surface area contributed by atoms with Crippen LogP contribution in [-0.2, 0) is 0 Å². The fraction of sp³-hybridized carbons (Fsp3) is 0.0526. The van der Waals surface area contributed by atoms with E-state index in [-0.39, 0.29) is 7.43 Å². The van der Waals surface area contributed by atoms with Crippen molar-refractivity contribution in [1.29, 1.82) is 0 Å². The molecule has 2 nitrogen and oxygen atoms in total. The van der Waals surface area contributed by atoms with Crippen LogP contribution < -0.4 is 5.32 Å². The molecule has 1 N–H and O–H groups in total. The summed E-state index contributed by atoms with van der Waals surface area (Å²) < 4.78 is 2.35. The van der Waals surface area contributed by atoms with Gasteiger partial charge < -0.3 is 9.88 Å². The molecule has 0 atom stereocenters. The van der Waals surface area contributed by atoms with Crippen molar-refractivity contribution in [2.24, 2.45) is 0 Å². The summed E-state index contributed by atoms with van der Waals surface area (Å²) in [5.41, 5.74) is 10.4. The molecular formula is C38H34N2. The highest BCUT2D eigenvalue weighted by Crippen LogP contribution is 2.35. The number of benzene rings is 5. The summed E-state index contributed by atoms with van der Waals surface area (Å²) >= 11 is 0. The van der Waals surface area contributed by atoms with E-state index >= 15 is 0 Å². The topological polar surface area (TPSA) is 17.0 Å². The van der Waals surface area contributed by atoms with Crippen molar-refractivity contribution in [2.45, 2.75) is 14.4 Å².